The van der Waals surface area contributed by atoms with Gasteiger partial charge in [-0.25, -0.2) is 13.1 Å². The van der Waals surface area contributed by atoms with E-state index in [1.165, 1.54) is 6.07 Å². The van der Waals surface area contributed by atoms with Gasteiger partial charge in [0.25, 0.3) is 0 Å². The molecule has 20 heavy (non-hydrogen) atoms. The molecule has 0 unspecified atom stereocenters. The minimum absolute atomic E-state index is 0.0765. The highest BCUT2D eigenvalue weighted by molar-refractivity contribution is 7.89. The Hall–Kier alpha value is -0.330. The van der Waals surface area contributed by atoms with Crippen molar-refractivity contribution < 1.29 is 8.42 Å². The minimum Gasteiger partial charge on any atom is -0.313 e. The van der Waals surface area contributed by atoms with E-state index in [1.807, 2.05) is 13.8 Å². The molecule has 1 rings (SSSR count). The van der Waals surface area contributed by atoms with Crippen molar-refractivity contribution in [2.45, 2.75) is 38.1 Å². The number of nitrogens with one attached hydrogen (secondary N) is 2. The van der Waals surface area contributed by atoms with Crippen LogP contribution in [0.1, 0.15) is 32.3 Å². The second-order valence-electron chi connectivity index (χ2n) is 4.37. The van der Waals surface area contributed by atoms with Crippen LogP contribution in [0.2, 0.25) is 10.0 Å². The molecule has 0 aliphatic rings. The third kappa shape index (κ3) is 4.60. The molecule has 0 bridgehead atoms. The van der Waals surface area contributed by atoms with Crippen molar-refractivity contribution in [2.24, 2.45) is 0 Å². The number of unbranched alkanes of at least 4 members (excludes halogenated alkanes) is 1. The molecule has 1 aromatic carbocycles. The number of hydrogen-bond donors (Lipinski definition) is 2. The Bertz CT molecular complexity index is 548. The Balaban J connectivity index is 3.06. The van der Waals surface area contributed by atoms with Crippen LogP contribution >= 0.6 is 23.2 Å². The molecule has 114 valence electrons. The monoisotopic (exact) mass is 338 g/mol. The number of sulfonamides is 1. The van der Waals surface area contributed by atoms with Crippen molar-refractivity contribution in [3.05, 3.63) is 27.7 Å². The number of rotatable bonds is 8. The molecule has 4 nitrogen and oxygen atoms in total. The van der Waals surface area contributed by atoms with Crippen molar-refractivity contribution in [3.8, 4) is 0 Å². The highest BCUT2D eigenvalue weighted by Crippen LogP contribution is 2.30. The van der Waals surface area contributed by atoms with Gasteiger partial charge in [0.15, 0.2) is 0 Å². The Morgan fingerprint density at radius 2 is 1.90 bits per heavy atom. The fourth-order valence-corrected chi connectivity index (χ4v) is 3.64. The van der Waals surface area contributed by atoms with Crippen LogP contribution < -0.4 is 10.0 Å². The number of halogens is 2. The molecule has 0 heterocycles. The molecule has 0 aromatic heterocycles. The van der Waals surface area contributed by atoms with Gasteiger partial charge >= 0.3 is 0 Å². The normalized spacial score (nSPS) is 11.8. The fourth-order valence-electron chi connectivity index (χ4n) is 1.66. The quantitative estimate of drug-likeness (QED) is 0.715. The van der Waals surface area contributed by atoms with Crippen LogP contribution in [0.25, 0.3) is 0 Å². The molecule has 0 fully saturated rings. The summed E-state index contributed by atoms with van der Waals surface area (Å²) >= 11 is 12.3. The lowest BCUT2D eigenvalue weighted by molar-refractivity contribution is 0.578. The lowest BCUT2D eigenvalue weighted by Gasteiger charge is -2.13. The van der Waals surface area contributed by atoms with E-state index in [4.69, 9.17) is 23.2 Å². The predicted octanol–water partition coefficient (Wildman–Crippen LogP) is 3.18. The summed E-state index contributed by atoms with van der Waals surface area (Å²) in [5.41, 5.74) is 0.605. The van der Waals surface area contributed by atoms with Crippen LogP contribution in [0.3, 0.4) is 0 Å². The van der Waals surface area contributed by atoms with Crippen LogP contribution in [0, 0.1) is 0 Å². The zero-order valence-electron chi connectivity index (χ0n) is 11.7. The third-order valence-corrected chi connectivity index (χ3v) is 5.22. The molecule has 0 radical (unpaired) electrons. The van der Waals surface area contributed by atoms with Gasteiger partial charge in [0, 0.05) is 23.7 Å². The maximum Gasteiger partial charge on any atom is 0.242 e. The summed E-state index contributed by atoms with van der Waals surface area (Å²) in [7, 11) is -3.60. The van der Waals surface area contributed by atoms with Gasteiger partial charge in [-0.1, -0.05) is 43.5 Å². The van der Waals surface area contributed by atoms with Crippen LogP contribution in [-0.2, 0) is 16.6 Å². The lowest BCUT2D eigenvalue weighted by Crippen LogP contribution is -2.25. The summed E-state index contributed by atoms with van der Waals surface area (Å²) in [5, 5.41) is 3.74. The summed E-state index contributed by atoms with van der Waals surface area (Å²) in [5.74, 6) is 0. The van der Waals surface area contributed by atoms with Gasteiger partial charge in [-0.2, -0.15) is 0 Å². The average molecular weight is 339 g/mol. The Kier molecular flexibility index (Phi) is 7.26. The molecule has 1 aromatic rings. The predicted molar refractivity (Wildman–Crippen MR) is 83.9 cm³/mol. The lowest BCUT2D eigenvalue weighted by atomic mass is 10.2. The summed E-state index contributed by atoms with van der Waals surface area (Å²) in [6.07, 6.45) is 1.71. The van der Waals surface area contributed by atoms with E-state index in [9.17, 15) is 8.42 Å². The SMILES string of the molecule is CCCCNS(=O)(=O)c1ccc(Cl)c(CNCC)c1Cl. The fraction of sp³-hybridized carbons (Fsp3) is 0.538. The second-order valence-corrected chi connectivity index (χ2v) is 6.89. The van der Waals surface area contributed by atoms with Gasteiger partial charge in [0.2, 0.25) is 10.0 Å². The molecule has 7 heteroatoms. The smallest absolute Gasteiger partial charge is 0.242 e. The number of hydrogen-bond acceptors (Lipinski definition) is 3. The van der Waals surface area contributed by atoms with Crippen LogP contribution in [0.15, 0.2) is 17.0 Å². The van der Waals surface area contributed by atoms with Crippen LogP contribution in [0.5, 0.6) is 0 Å². The van der Waals surface area contributed by atoms with Gasteiger partial charge in [0.05, 0.1) is 5.02 Å². The number of benzene rings is 1. The Labute approximate surface area is 130 Å². The Morgan fingerprint density at radius 1 is 1.20 bits per heavy atom. The third-order valence-electron chi connectivity index (χ3n) is 2.81. The second kappa shape index (κ2) is 8.20. The standard InChI is InChI=1S/C13H20Cl2N2O2S/c1-3-5-8-17-20(18,19)12-7-6-11(14)10(13(12)15)9-16-4-2/h6-7,16-17H,3-5,8-9H2,1-2H3. The molecule has 0 aliphatic heterocycles. The van der Waals surface area contributed by atoms with Gasteiger partial charge in [-0.3, -0.25) is 0 Å². The first-order chi connectivity index (χ1) is 9.44. The highest BCUT2D eigenvalue weighted by Gasteiger charge is 2.20. The minimum atomic E-state index is -3.60. The summed E-state index contributed by atoms with van der Waals surface area (Å²) in [6.45, 7) is 5.54. The van der Waals surface area contributed by atoms with Gasteiger partial charge < -0.3 is 5.32 Å². The van der Waals surface area contributed by atoms with Gasteiger partial charge in [-0.15, -0.1) is 0 Å². The van der Waals surface area contributed by atoms with Crippen molar-refractivity contribution in [1.82, 2.24) is 10.0 Å². The topological polar surface area (TPSA) is 58.2 Å². The Morgan fingerprint density at radius 3 is 2.50 bits per heavy atom. The molecular weight excluding hydrogens is 319 g/mol. The van der Waals surface area contributed by atoms with Crippen molar-refractivity contribution in [2.75, 3.05) is 13.1 Å². The van der Waals surface area contributed by atoms with E-state index in [1.54, 1.807) is 6.07 Å². The largest absolute Gasteiger partial charge is 0.313 e. The van der Waals surface area contributed by atoms with E-state index in [2.05, 4.69) is 10.0 Å². The zero-order chi connectivity index (χ0) is 15.2. The highest BCUT2D eigenvalue weighted by atomic mass is 35.5. The maximum atomic E-state index is 12.2. The molecular formula is C13H20Cl2N2O2S. The first-order valence-corrected chi connectivity index (χ1v) is 8.85. The maximum absolute atomic E-state index is 12.2. The van der Waals surface area contributed by atoms with Crippen molar-refractivity contribution >= 4 is 33.2 Å². The molecule has 2 N–H and O–H groups in total. The van der Waals surface area contributed by atoms with Crippen LogP contribution in [0.4, 0.5) is 0 Å². The van der Waals surface area contributed by atoms with Crippen molar-refractivity contribution in [3.63, 3.8) is 0 Å². The molecule has 0 spiro atoms. The van der Waals surface area contributed by atoms with Crippen molar-refractivity contribution in [1.29, 1.82) is 0 Å². The molecule has 0 saturated carbocycles. The van der Waals surface area contributed by atoms with Crippen LogP contribution in [-0.4, -0.2) is 21.5 Å². The molecule has 0 atom stereocenters. The molecule has 0 aliphatic carbocycles. The van der Waals surface area contributed by atoms with Gasteiger partial charge in [0.1, 0.15) is 4.90 Å². The summed E-state index contributed by atoms with van der Waals surface area (Å²) in [4.78, 5) is 0.0765. The van der Waals surface area contributed by atoms with E-state index < -0.39 is 10.0 Å². The van der Waals surface area contributed by atoms with E-state index in [0.717, 1.165) is 19.4 Å². The zero-order valence-corrected chi connectivity index (χ0v) is 14.0. The molecule has 0 saturated heterocycles. The summed E-state index contributed by atoms with van der Waals surface area (Å²) < 4.78 is 27.0. The molecule has 0 amide bonds. The summed E-state index contributed by atoms with van der Waals surface area (Å²) in [6, 6.07) is 3.00. The van der Waals surface area contributed by atoms with E-state index in [0.29, 0.717) is 23.7 Å². The van der Waals surface area contributed by atoms with E-state index >= 15 is 0 Å². The first-order valence-electron chi connectivity index (χ1n) is 6.61. The van der Waals surface area contributed by atoms with Gasteiger partial charge in [-0.05, 0) is 25.1 Å². The average Bonchev–Trinajstić information content (AvgIpc) is 2.38. The van der Waals surface area contributed by atoms with E-state index in [-0.39, 0.29) is 9.92 Å². The first kappa shape index (κ1) is 17.7.